The van der Waals surface area contributed by atoms with Gasteiger partial charge in [0, 0.05) is 18.8 Å². The van der Waals surface area contributed by atoms with E-state index < -0.39 is 12.0 Å². The summed E-state index contributed by atoms with van der Waals surface area (Å²) < 4.78 is 16.0. The number of rotatable bonds is 8. The highest BCUT2D eigenvalue weighted by Gasteiger charge is 2.42. The third-order valence-electron chi connectivity index (χ3n) is 6.63. The molecule has 0 bridgehead atoms. The van der Waals surface area contributed by atoms with Crippen molar-refractivity contribution < 1.29 is 28.6 Å². The molecule has 2 atom stereocenters. The lowest BCUT2D eigenvalue weighted by atomic mass is 9.93. The minimum Gasteiger partial charge on any atom is -0.497 e. The van der Waals surface area contributed by atoms with Crippen molar-refractivity contribution in [2.45, 2.75) is 46.1 Å². The van der Waals surface area contributed by atoms with Crippen LogP contribution >= 0.6 is 11.8 Å². The maximum atomic E-state index is 13.4. The number of amidine groups is 1. The number of aliphatic imine (C=N–C) groups is 1. The summed E-state index contributed by atoms with van der Waals surface area (Å²) in [6, 6.07) is 7.01. The number of allylic oxidation sites excluding steroid dienone is 1. The first kappa shape index (κ1) is 26.8. The normalized spacial score (nSPS) is 21.2. The van der Waals surface area contributed by atoms with Gasteiger partial charge in [-0.3, -0.25) is 9.59 Å². The maximum absolute atomic E-state index is 13.4. The standard InChI is InChI=1S/C27H33N3O6S/c1-5-35-25(32)19-10-8-12-29(15-19)22(31)14-20-16-37-27-28-17(3)23(26(33)36-6-2)24(30(20)27)18-9-7-11-21(13-18)34-4/h7,9,11,13,16,19,24H,5-6,8,10,12,14-15H2,1-4H3/t19-,24+/m0/s1. The average Bonchev–Trinajstić information content (AvgIpc) is 3.29. The van der Waals surface area contributed by atoms with Gasteiger partial charge >= 0.3 is 11.9 Å². The Bertz CT molecular complexity index is 1160. The molecule has 10 heteroatoms. The fourth-order valence-electron chi connectivity index (χ4n) is 4.89. The molecular formula is C27H33N3O6S. The molecule has 0 saturated carbocycles. The van der Waals surface area contributed by atoms with Crippen molar-refractivity contribution in [2.24, 2.45) is 10.9 Å². The van der Waals surface area contributed by atoms with Crippen LogP contribution in [0.15, 0.2) is 51.6 Å². The van der Waals surface area contributed by atoms with E-state index in [0.717, 1.165) is 24.1 Å². The molecule has 1 aromatic rings. The molecule has 0 radical (unpaired) electrons. The van der Waals surface area contributed by atoms with E-state index >= 15 is 0 Å². The average molecular weight is 528 g/mol. The van der Waals surface area contributed by atoms with Gasteiger partial charge in [0.2, 0.25) is 5.91 Å². The first-order chi connectivity index (χ1) is 17.9. The number of nitrogens with zero attached hydrogens (tertiary/aromatic N) is 3. The minimum absolute atomic E-state index is 0.0737. The monoisotopic (exact) mass is 527 g/mol. The molecule has 0 spiro atoms. The number of esters is 2. The molecule has 1 fully saturated rings. The van der Waals surface area contributed by atoms with E-state index in [0.29, 0.717) is 41.9 Å². The summed E-state index contributed by atoms with van der Waals surface area (Å²) in [7, 11) is 1.60. The lowest BCUT2D eigenvalue weighted by molar-refractivity contribution is -0.151. The van der Waals surface area contributed by atoms with E-state index in [2.05, 4.69) is 4.99 Å². The summed E-state index contributed by atoms with van der Waals surface area (Å²) in [6.07, 6.45) is 1.59. The van der Waals surface area contributed by atoms with Crippen LogP contribution in [-0.4, -0.2) is 66.2 Å². The van der Waals surface area contributed by atoms with Crippen molar-refractivity contribution in [3.8, 4) is 5.75 Å². The molecule has 0 aromatic heterocycles. The summed E-state index contributed by atoms with van der Waals surface area (Å²) in [5, 5.41) is 2.61. The highest BCUT2D eigenvalue weighted by Crippen LogP contribution is 2.45. The Labute approximate surface area is 221 Å². The summed E-state index contributed by atoms with van der Waals surface area (Å²) in [6.45, 7) is 6.87. The van der Waals surface area contributed by atoms with E-state index in [1.165, 1.54) is 11.8 Å². The third-order valence-corrected chi connectivity index (χ3v) is 7.52. The second kappa shape index (κ2) is 11.9. The third kappa shape index (κ3) is 5.69. The zero-order chi connectivity index (χ0) is 26.5. The summed E-state index contributed by atoms with van der Waals surface area (Å²) >= 11 is 1.43. The molecule has 3 aliphatic heterocycles. The number of hydrogen-bond acceptors (Lipinski definition) is 9. The zero-order valence-corrected chi connectivity index (χ0v) is 22.5. The Morgan fingerprint density at radius 2 is 1.95 bits per heavy atom. The number of amides is 1. The Hall–Kier alpha value is -3.27. The van der Waals surface area contributed by atoms with Crippen LogP contribution in [0.2, 0.25) is 0 Å². The summed E-state index contributed by atoms with van der Waals surface area (Å²) in [4.78, 5) is 47.2. The number of carbonyl (C=O) groups excluding carboxylic acids is 3. The van der Waals surface area contributed by atoms with E-state index in [1.54, 1.807) is 32.8 Å². The van der Waals surface area contributed by atoms with Gasteiger partial charge in [-0.15, -0.1) is 0 Å². The van der Waals surface area contributed by atoms with Crippen LogP contribution in [-0.2, 0) is 23.9 Å². The molecule has 3 heterocycles. The van der Waals surface area contributed by atoms with E-state index in [-0.39, 0.29) is 30.8 Å². The smallest absolute Gasteiger partial charge is 0.338 e. The molecule has 198 valence electrons. The number of fused-ring (bicyclic) bond motifs is 1. The van der Waals surface area contributed by atoms with Gasteiger partial charge in [-0.1, -0.05) is 23.9 Å². The maximum Gasteiger partial charge on any atom is 0.338 e. The van der Waals surface area contributed by atoms with Gasteiger partial charge < -0.3 is 24.0 Å². The SMILES string of the molecule is CCOC(=O)C1=C(C)N=C2SC=C(CC(=O)N3CCC[C@H](C(=O)OCC)C3)N2[C@@H]1c1cccc(OC)c1. The second-order valence-corrected chi connectivity index (χ2v) is 9.83. The van der Waals surface area contributed by atoms with Crippen LogP contribution in [0, 0.1) is 5.92 Å². The van der Waals surface area contributed by atoms with Crippen LogP contribution in [0.4, 0.5) is 0 Å². The predicted octanol–water partition coefficient (Wildman–Crippen LogP) is 4.03. The lowest BCUT2D eigenvalue weighted by Gasteiger charge is -2.37. The highest BCUT2D eigenvalue weighted by molar-refractivity contribution is 8.16. The van der Waals surface area contributed by atoms with Crippen LogP contribution in [0.25, 0.3) is 0 Å². The molecular weight excluding hydrogens is 494 g/mol. The molecule has 37 heavy (non-hydrogen) atoms. The first-order valence-electron chi connectivity index (χ1n) is 12.6. The van der Waals surface area contributed by atoms with Gasteiger partial charge in [0.15, 0.2) is 5.17 Å². The van der Waals surface area contributed by atoms with Crippen LogP contribution in [0.1, 0.15) is 51.6 Å². The number of benzene rings is 1. The number of hydrogen-bond donors (Lipinski definition) is 0. The van der Waals surface area contributed by atoms with Crippen molar-refractivity contribution in [3.05, 3.63) is 52.2 Å². The second-order valence-electron chi connectivity index (χ2n) is 9.00. The zero-order valence-electron chi connectivity index (χ0n) is 21.7. The number of carbonyl (C=O) groups is 3. The predicted molar refractivity (Wildman–Crippen MR) is 141 cm³/mol. The van der Waals surface area contributed by atoms with Crippen molar-refractivity contribution >= 4 is 34.8 Å². The Morgan fingerprint density at radius 1 is 1.16 bits per heavy atom. The minimum atomic E-state index is -0.524. The van der Waals surface area contributed by atoms with E-state index in [4.69, 9.17) is 14.2 Å². The molecule has 0 N–H and O–H groups in total. The Balaban J connectivity index is 1.62. The van der Waals surface area contributed by atoms with Gasteiger partial charge in [-0.2, -0.15) is 0 Å². The van der Waals surface area contributed by atoms with Crippen LogP contribution < -0.4 is 4.74 Å². The molecule has 1 saturated heterocycles. The first-order valence-corrected chi connectivity index (χ1v) is 13.5. The van der Waals surface area contributed by atoms with Gasteiger partial charge in [0.25, 0.3) is 0 Å². The van der Waals surface area contributed by atoms with Crippen LogP contribution in [0.5, 0.6) is 5.75 Å². The fraction of sp³-hybridized carbons (Fsp3) is 0.481. The lowest BCUT2D eigenvalue weighted by Crippen LogP contribution is -2.44. The highest BCUT2D eigenvalue weighted by atomic mass is 32.2. The number of piperidine rings is 1. The van der Waals surface area contributed by atoms with E-state index in [9.17, 15) is 14.4 Å². The molecule has 0 aliphatic carbocycles. The van der Waals surface area contributed by atoms with Gasteiger partial charge in [0.05, 0.1) is 50.0 Å². The van der Waals surface area contributed by atoms with Gasteiger partial charge in [-0.25, -0.2) is 9.79 Å². The molecule has 3 aliphatic rings. The largest absolute Gasteiger partial charge is 0.497 e. The van der Waals surface area contributed by atoms with Gasteiger partial charge in [-0.05, 0) is 56.7 Å². The molecule has 4 rings (SSSR count). The molecule has 9 nitrogen and oxygen atoms in total. The topological polar surface area (TPSA) is 97.7 Å². The quantitative estimate of drug-likeness (QED) is 0.468. The summed E-state index contributed by atoms with van der Waals surface area (Å²) in [5.41, 5.74) is 2.59. The molecule has 1 aromatic carbocycles. The van der Waals surface area contributed by atoms with Crippen LogP contribution in [0.3, 0.4) is 0 Å². The van der Waals surface area contributed by atoms with E-state index in [1.807, 2.05) is 34.6 Å². The Morgan fingerprint density at radius 3 is 2.68 bits per heavy atom. The molecule has 1 amide bonds. The number of likely N-dealkylation sites (tertiary alicyclic amines) is 1. The summed E-state index contributed by atoms with van der Waals surface area (Å²) in [5.74, 6) is -0.405. The van der Waals surface area contributed by atoms with Crippen molar-refractivity contribution in [2.75, 3.05) is 33.4 Å². The fourth-order valence-corrected chi connectivity index (χ4v) is 5.85. The van der Waals surface area contributed by atoms with Crippen molar-refractivity contribution in [3.63, 3.8) is 0 Å². The molecule has 0 unspecified atom stereocenters. The van der Waals surface area contributed by atoms with Gasteiger partial charge in [0.1, 0.15) is 5.75 Å². The Kier molecular flexibility index (Phi) is 8.58. The van der Waals surface area contributed by atoms with Crippen molar-refractivity contribution in [1.82, 2.24) is 9.80 Å². The number of methoxy groups -OCH3 is 1. The number of ether oxygens (including phenoxy) is 3. The number of thioether (sulfide) groups is 1. The van der Waals surface area contributed by atoms with Crippen molar-refractivity contribution in [1.29, 1.82) is 0 Å².